The number of aromatic nitrogens is 1. The summed E-state index contributed by atoms with van der Waals surface area (Å²) in [7, 11) is 0. The number of carbonyl (C=O) groups excluding carboxylic acids is 1. The number of carbonyl (C=O) groups is 1. The van der Waals surface area contributed by atoms with E-state index in [-0.39, 0.29) is 17.1 Å². The quantitative estimate of drug-likeness (QED) is 0.457. The summed E-state index contributed by atoms with van der Waals surface area (Å²) in [5.41, 5.74) is 2.40. The lowest BCUT2D eigenvalue weighted by molar-refractivity contribution is 0.0714. The molecule has 142 valence electrons. The van der Waals surface area contributed by atoms with Crippen molar-refractivity contribution in [1.29, 1.82) is 0 Å². The summed E-state index contributed by atoms with van der Waals surface area (Å²) in [4.78, 5) is 32.5. The number of benzene rings is 2. The highest BCUT2D eigenvalue weighted by atomic mass is 79.9. The van der Waals surface area contributed by atoms with E-state index in [9.17, 15) is 9.59 Å². The molecule has 0 unspecified atom stereocenters. The van der Waals surface area contributed by atoms with Gasteiger partial charge >= 0.3 is 0 Å². The van der Waals surface area contributed by atoms with Gasteiger partial charge in [-0.15, -0.1) is 0 Å². The maximum atomic E-state index is 13.4. The van der Waals surface area contributed by atoms with Crippen molar-refractivity contribution < 1.29 is 9.21 Å². The van der Waals surface area contributed by atoms with Crippen LogP contribution in [0.15, 0.2) is 86.7 Å². The van der Waals surface area contributed by atoms with Crippen molar-refractivity contribution in [2.24, 2.45) is 0 Å². The minimum Gasteiger partial charge on any atom is -0.450 e. The number of halogens is 1. The van der Waals surface area contributed by atoms with E-state index < -0.39 is 6.04 Å². The molecule has 4 aromatic rings. The number of hydrogen-bond acceptors (Lipinski definition) is 4. The molecule has 5 rings (SSSR count). The summed E-state index contributed by atoms with van der Waals surface area (Å²) in [5, 5.41) is 0.451. The van der Waals surface area contributed by atoms with Crippen molar-refractivity contribution in [3.05, 3.63) is 110 Å². The molecule has 1 aliphatic heterocycles. The number of fused-ring (bicyclic) bond motifs is 2. The summed E-state index contributed by atoms with van der Waals surface area (Å²) >= 11 is 3.41. The maximum absolute atomic E-state index is 13.4. The average molecular weight is 447 g/mol. The summed E-state index contributed by atoms with van der Waals surface area (Å²) in [6, 6.07) is 18.1. The van der Waals surface area contributed by atoms with E-state index in [4.69, 9.17) is 4.42 Å². The lowest BCUT2D eigenvalue weighted by atomic mass is 9.99. The van der Waals surface area contributed by atoms with Crippen molar-refractivity contribution in [2.45, 2.75) is 12.6 Å². The molecular weight excluding hydrogens is 432 g/mol. The molecule has 1 atom stereocenters. The first-order chi connectivity index (χ1) is 14.1. The zero-order valence-electron chi connectivity index (χ0n) is 15.2. The van der Waals surface area contributed by atoms with Crippen LogP contribution in [0.3, 0.4) is 0 Å². The molecule has 6 heteroatoms. The van der Waals surface area contributed by atoms with E-state index >= 15 is 0 Å². The predicted molar refractivity (Wildman–Crippen MR) is 113 cm³/mol. The Kier molecular flexibility index (Phi) is 4.28. The van der Waals surface area contributed by atoms with E-state index in [1.54, 1.807) is 35.5 Å². The third-order valence-corrected chi connectivity index (χ3v) is 5.64. The molecule has 0 aliphatic carbocycles. The molecule has 0 saturated heterocycles. The molecule has 29 heavy (non-hydrogen) atoms. The third kappa shape index (κ3) is 2.96. The first-order valence-corrected chi connectivity index (χ1v) is 9.94. The fourth-order valence-electron chi connectivity index (χ4n) is 3.83. The van der Waals surface area contributed by atoms with Gasteiger partial charge in [-0.05, 0) is 41.5 Å². The van der Waals surface area contributed by atoms with Gasteiger partial charge in [0.15, 0.2) is 5.43 Å². The molecule has 3 heterocycles. The minimum atomic E-state index is -0.527. The number of rotatable bonds is 3. The van der Waals surface area contributed by atoms with Gasteiger partial charge in [-0.25, -0.2) is 0 Å². The summed E-state index contributed by atoms with van der Waals surface area (Å²) in [6.07, 6.45) is 3.33. The molecule has 0 bridgehead atoms. The van der Waals surface area contributed by atoms with Gasteiger partial charge in [0.05, 0.1) is 17.0 Å². The van der Waals surface area contributed by atoms with E-state index in [1.807, 2.05) is 42.5 Å². The van der Waals surface area contributed by atoms with E-state index in [2.05, 4.69) is 20.9 Å². The summed E-state index contributed by atoms with van der Waals surface area (Å²) in [6.45, 7) is 0.371. The van der Waals surface area contributed by atoms with Crippen LogP contribution in [0.25, 0.3) is 11.0 Å². The first-order valence-electron chi connectivity index (χ1n) is 9.14. The molecular formula is C23H15BrN2O3. The normalized spacial score (nSPS) is 15.7. The topological polar surface area (TPSA) is 63.4 Å². The molecule has 5 nitrogen and oxygen atoms in total. The van der Waals surface area contributed by atoms with E-state index in [0.29, 0.717) is 23.1 Å². The predicted octanol–water partition coefficient (Wildman–Crippen LogP) is 4.70. The van der Waals surface area contributed by atoms with Crippen LogP contribution in [0.5, 0.6) is 0 Å². The molecule has 1 amide bonds. The van der Waals surface area contributed by atoms with Gasteiger partial charge in [0.25, 0.3) is 5.91 Å². The highest BCUT2D eigenvalue weighted by Crippen LogP contribution is 2.39. The van der Waals surface area contributed by atoms with Crippen molar-refractivity contribution >= 4 is 32.8 Å². The molecule has 0 radical (unpaired) electrons. The molecule has 0 spiro atoms. The van der Waals surface area contributed by atoms with Gasteiger partial charge in [-0.2, -0.15) is 0 Å². The second kappa shape index (κ2) is 6.97. The van der Waals surface area contributed by atoms with Gasteiger partial charge in [-0.3, -0.25) is 14.6 Å². The van der Waals surface area contributed by atoms with Crippen molar-refractivity contribution in [2.75, 3.05) is 0 Å². The Morgan fingerprint density at radius 1 is 1.00 bits per heavy atom. The zero-order valence-corrected chi connectivity index (χ0v) is 16.8. The van der Waals surface area contributed by atoms with Gasteiger partial charge < -0.3 is 9.32 Å². The van der Waals surface area contributed by atoms with Crippen LogP contribution in [0, 0.1) is 0 Å². The van der Waals surface area contributed by atoms with Gasteiger partial charge in [0.1, 0.15) is 5.58 Å². The maximum Gasteiger partial charge on any atom is 0.291 e. The van der Waals surface area contributed by atoms with Crippen molar-refractivity contribution in [3.8, 4) is 0 Å². The smallest absolute Gasteiger partial charge is 0.291 e. The molecule has 0 saturated carbocycles. The van der Waals surface area contributed by atoms with Crippen molar-refractivity contribution in [1.82, 2.24) is 9.88 Å². The van der Waals surface area contributed by atoms with Crippen LogP contribution in [0.2, 0.25) is 0 Å². The fourth-order valence-corrected chi connectivity index (χ4v) is 4.19. The molecule has 1 aliphatic rings. The Hall–Kier alpha value is -3.25. The monoisotopic (exact) mass is 446 g/mol. The highest BCUT2D eigenvalue weighted by molar-refractivity contribution is 9.10. The van der Waals surface area contributed by atoms with Crippen LogP contribution in [0.1, 0.15) is 33.3 Å². The largest absolute Gasteiger partial charge is 0.450 e. The number of nitrogens with zero attached hydrogens (tertiary/aromatic N) is 2. The lowest BCUT2D eigenvalue weighted by Crippen LogP contribution is -2.29. The third-order valence-electron chi connectivity index (χ3n) is 5.15. The molecule has 0 fully saturated rings. The minimum absolute atomic E-state index is 0.113. The Balaban J connectivity index is 1.74. The van der Waals surface area contributed by atoms with E-state index in [1.165, 1.54) is 0 Å². The molecule has 2 aromatic carbocycles. The fraction of sp³-hybridized carbons (Fsp3) is 0.0870. The highest BCUT2D eigenvalue weighted by Gasteiger charge is 2.42. The van der Waals surface area contributed by atoms with Gasteiger partial charge in [0, 0.05) is 23.4 Å². The standard InChI is InChI=1S/C23H15BrN2O3/c24-16-6-7-18-17(12-16)21(27)19-20(15-8-10-25-11-9-15)26(23(28)22(19)29-18)13-14-4-2-1-3-5-14/h1-12,20H,13H2/t20-/m1/s1. The SMILES string of the molecule is O=C1c2oc3ccc(Br)cc3c(=O)c2[C@@H](c2ccncc2)N1Cc1ccccc1. The zero-order chi connectivity index (χ0) is 20.0. The Bertz CT molecular complexity index is 1290. The molecule has 0 N–H and O–H groups in total. The number of amides is 1. The Labute approximate surface area is 174 Å². The second-order valence-electron chi connectivity index (χ2n) is 6.92. The Morgan fingerprint density at radius 3 is 2.52 bits per heavy atom. The van der Waals surface area contributed by atoms with Crippen LogP contribution in [-0.4, -0.2) is 15.8 Å². The average Bonchev–Trinajstić information content (AvgIpc) is 3.02. The van der Waals surface area contributed by atoms with Crippen LogP contribution < -0.4 is 5.43 Å². The van der Waals surface area contributed by atoms with E-state index in [0.717, 1.165) is 15.6 Å². The second-order valence-corrected chi connectivity index (χ2v) is 7.83. The number of hydrogen-bond donors (Lipinski definition) is 0. The summed E-state index contributed by atoms with van der Waals surface area (Å²) in [5.74, 6) is -0.171. The number of pyridine rings is 1. The summed E-state index contributed by atoms with van der Waals surface area (Å²) < 4.78 is 6.73. The lowest BCUT2D eigenvalue weighted by Gasteiger charge is -2.25. The molecule has 2 aromatic heterocycles. The van der Waals surface area contributed by atoms with Crippen LogP contribution in [0.4, 0.5) is 0 Å². The van der Waals surface area contributed by atoms with Crippen molar-refractivity contribution in [3.63, 3.8) is 0 Å². The van der Waals surface area contributed by atoms with Crippen LogP contribution >= 0.6 is 15.9 Å². The van der Waals surface area contributed by atoms with Gasteiger partial charge in [-0.1, -0.05) is 46.3 Å². The Morgan fingerprint density at radius 2 is 1.76 bits per heavy atom. The van der Waals surface area contributed by atoms with Gasteiger partial charge in [0.2, 0.25) is 5.76 Å². The first kappa shape index (κ1) is 17.8. The van der Waals surface area contributed by atoms with Crippen LogP contribution in [-0.2, 0) is 6.54 Å².